The summed E-state index contributed by atoms with van der Waals surface area (Å²) in [7, 11) is 0. The van der Waals surface area contributed by atoms with Gasteiger partial charge in [-0.3, -0.25) is 14.5 Å². The minimum atomic E-state index is -0.725. The topological polar surface area (TPSA) is 76.4 Å². The molecule has 0 unspecified atom stereocenters. The predicted molar refractivity (Wildman–Crippen MR) is 100.0 cm³/mol. The first kappa shape index (κ1) is 18.4. The SMILES string of the molecule is CC(=O)c1ccc(N2CCN(CC(=O)N[C@](C)(C#N)C3CC3)CC2)cc1. The van der Waals surface area contributed by atoms with Crippen molar-refractivity contribution in [2.24, 2.45) is 5.92 Å². The van der Waals surface area contributed by atoms with Crippen LogP contribution in [0.5, 0.6) is 0 Å². The summed E-state index contributed by atoms with van der Waals surface area (Å²) in [6.45, 7) is 7.00. The Kier molecular flexibility index (Phi) is 5.28. The van der Waals surface area contributed by atoms with Crippen LogP contribution < -0.4 is 10.2 Å². The van der Waals surface area contributed by atoms with E-state index in [2.05, 4.69) is 21.2 Å². The summed E-state index contributed by atoms with van der Waals surface area (Å²) < 4.78 is 0. The molecule has 138 valence electrons. The Morgan fingerprint density at radius 2 is 1.81 bits per heavy atom. The summed E-state index contributed by atoms with van der Waals surface area (Å²) >= 11 is 0. The average Bonchev–Trinajstić information content (AvgIpc) is 3.48. The second-order valence-corrected chi connectivity index (χ2v) is 7.50. The van der Waals surface area contributed by atoms with E-state index in [0.717, 1.165) is 50.3 Å². The summed E-state index contributed by atoms with van der Waals surface area (Å²) in [6.07, 6.45) is 2.04. The van der Waals surface area contributed by atoms with Crippen molar-refractivity contribution in [3.8, 4) is 6.07 Å². The number of hydrogen-bond acceptors (Lipinski definition) is 5. The van der Waals surface area contributed by atoms with Gasteiger partial charge < -0.3 is 10.2 Å². The minimum absolute atomic E-state index is 0.0692. The normalized spacial score (nSPS) is 20.1. The molecule has 1 N–H and O–H groups in total. The Labute approximate surface area is 154 Å². The fourth-order valence-corrected chi connectivity index (χ4v) is 3.49. The van der Waals surface area contributed by atoms with E-state index in [1.54, 1.807) is 6.92 Å². The van der Waals surface area contributed by atoms with E-state index < -0.39 is 5.54 Å². The fraction of sp³-hybridized carbons (Fsp3) is 0.550. The molecule has 2 aliphatic rings. The van der Waals surface area contributed by atoms with Crippen LogP contribution in [0.3, 0.4) is 0 Å². The van der Waals surface area contributed by atoms with E-state index in [9.17, 15) is 14.9 Å². The van der Waals surface area contributed by atoms with Crippen LogP contribution in [0.1, 0.15) is 37.0 Å². The third kappa shape index (κ3) is 4.23. The second kappa shape index (κ2) is 7.46. The standard InChI is InChI=1S/C20H26N4O2/c1-15(25)16-3-7-18(8-4-16)24-11-9-23(10-12-24)13-19(26)22-20(2,14-21)17-5-6-17/h3-4,7-8,17H,5-6,9-13H2,1-2H3,(H,22,26)/t20-/m1/s1. The Bertz CT molecular complexity index is 712. The van der Waals surface area contributed by atoms with E-state index in [0.29, 0.717) is 12.5 Å². The Morgan fingerprint density at radius 3 is 2.31 bits per heavy atom. The van der Waals surface area contributed by atoms with Gasteiger partial charge in [-0.25, -0.2) is 0 Å². The zero-order valence-electron chi connectivity index (χ0n) is 15.5. The third-order valence-corrected chi connectivity index (χ3v) is 5.40. The van der Waals surface area contributed by atoms with Crippen LogP contribution in [-0.2, 0) is 4.79 Å². The molecule has 0 aromatic heterocycles. The van der Waals surface area contributed by atoms with Crippen LogP contribution in [0.2, 0.25) is 0 Å². The lowest BCUT2D eigenvalue weighted by molar-refractivity contribution is -0.123. The third-order valence-electron chi connectivity index (χ3n) is 5.40. The number of nitrogens with one attached hydrogen (secondary N) is 1. The number of rotatable bonds is 6. The Hall–Kier alpha value is -2.39. The molecule has 1 atom stereocenters. The highest BCUT2D eigenvalue weighted by molar-refractivity contribution is 5.94. The highest BCUT2D eigenvalue weighted by Gasteiger charge is 2.43. The summed E-state index contributed by atoms with van der Waals surface area (Å²) in [5.74, 6) is 0.300. The zero-order valence-corrected chi connectivity index (χ0v) is 15.5. The molecule has 1 aromatic rings. The van der Waals surface area contributed by atoms with Gasteiger partial charge in [-0.2, -0.15) is 5.26 Å². The molecule has 2 fully saturated rings. The molecule has 3 rings (SSSR count). The maximum absolute atomic E-state index is 12.3. The van der Waals surface area contributed by atoms with Crippen LogP contribution in [0.4, 0.5) is 5.69 Å². The smallest absolute Gasteiger partial charge is 0.235 e. The number of anilines is 1. The van der Waals surface area contributed by atoms with Gasteiger partial charge in [0.15, 0.2) is 5.78 Å². The van der Waals surface area contributed by atoms with E-state index in [1.165, 1.54) is 0 Å². The van der Waals surface area contributed by atoms with Crippen LogP contribution in [0.15, 0.2) is 24.3 Å². The molecule has 6 nitrogen and oxygen atoms in total. The van der Waals surface area contributed by atoms with E-state index in [4.69, 9.17) is 0 Å². The summed E-state index contributed by atoms with van der Waals surface area (Å²) in [4.78, 5) is 28.1. The maximum Gasteiger partial charge on any atom is 0.235 e. The minimum Gasteiger partial charge on any atom is -0.369 e. The van der Waals surface area contributed by atoms with E-state index >= 15 is 0 Å². The lowest BCUT2D eigenvalue weighted by Gasteiger charge is -2.36. The van der Waals surface area contributed by atoms with Gasteiger partial charge in [-0.1, -0.05) is 0 Å². The number of nitriles is 1. The number of benzene rings is 1. The number of carbonyl (C=O) groups excluding carboxylic acids is 2. The van der Waals surface area contributed by atoms with Crippen molar-refractivity contribution in [2.45, 2.75) is 32.2 Å². The summed E-state index contributed by atoms with van der Waals surface area (Å²) in [5.41, 5.74) is 1.10. The Morgan fingerprint density at radius 1 is 1.19 bits per heavy atom. The molecule has 1 aliphatic carbocycles. The molecule has 26 heavy (non-hydrogen) atoms. The first-order chi connectivity index (χ1) is 12.4. The summed E-state index contributed by atoms with van der Waals surface area (Å²) in [6, 6.07) is 9.94. The van der Waals surface area contributed by atoms with Crippen LogP contribution in [-0.4, -0.2) is 54.9 Å². The van der Waals surface area contributed by atoms with Crippen LogP contribution in [0, 0.1) is 17.2 Å². The van der Waals surface area contributed by atoms with E-state index in [1.807, 2.05) is 31.2 Å². The molecular weight excluding hydrogens is 328 g/mol. The molecule has 1 saturated carbocycles. The van der Waals surface area contributed by atoms with E-state index in [-0.39, 0.29) is 11.7 Å². The highest BCUT2D eigenvalue weighted by Crippen LogP contribution is 2.39. The molecule has 1 heterocycles. The average molecular weight is 354 g/mol. The van der Waals surface area contributed by atoms with Crippen molar-refractivity contribution in [3.05, 3.63) is 29.8 Å². The van der Waals surface area contributed by atoms with Gasteiger partial charge in [0, 0.05) is 37.4 Å². The van der Waals surface area contributed by atoms with Crippen molar-refractivity contribution in [2.75, 3.05) is 37.6 Å². The number of piperazine rings is 1. The number of ketones is 1. The van der Waals surface area contributed by atoms with Crippen LogP contribution >= 0.6 is 0 Å². The second-order valence-electron chi connectivity index (χ2n) is 7.50. The molecule has 1 saturated heterocycles. The van der Waals surface area contributed by atoms with Gasteiger partial charge in [-0.15, -0.1) is 0 Å². The number of nitrogens with zero attached hydrogens (tertiary/aromatic N) is 3. The van der Waals surface area contributed by atoms with Gasteiger partial charge in [-0.05, 0) is 56.9 Å². The number of Topliss-reactive ketones (excluding diaryl/α,β-unsaturated/α-hetero) is 1. The number of carbonyl (C=O) groups is 2. The lowest BCUT2D eigenvalue weighted by Crippen LogP contribution is -2.53. The number of hydrogen-bond donors (Lipinski definition) is 1. The molecule has 6 heteroatoms. The number of amides is 1. The van der Waals surface area contributed by atoms with Gasteiger partial charge in [0.05, 0.1) is 12.6 Å². The maximum atomic E-state index is 12.3. The molecule has 0 bridgehead atoms. The first-order valence-corrected chi connectivity index (χ1v) is 9.22. The largest absolute Gasteiger partial charge is 0.369 e. The molecule has 0 radical (unpaired) electrons. The lowest BCUT2D eigenvalue weighted by atomic mass is 9.98. The van der Waals surface area contributed by atoms with Crippen molar-refractivity contribution >= 4 is 17.4 Å². The van der Waals surface area contributed by atoms with Crippen LogP contribution in [0.25, 0.3) is 0 Å². The first-order valence-electron chi connectivity index (χ1n) is 9.22. The van der Waals surface area contributed by atoms with Crippen molar-refractivity contribution in [1.82, 2.24) is 10.2 Å². The fourth-order valence-electron chi connectivity index (χ4n) is 3.49. The van der Waals surface area contributed by atoms with Gasteiger partial charge >= 0.3 is 0 Å². The Balaban J connectivity index is 1.48. The van der Waals surface area contributed by atoms with Crippen molar-refractivity contribution in [1.29, 1.82) is 5.26 Å². The van der Waals surface area contributed by atoms with Crippen molar-refractivity contribution < 1.29 is 9.59 Å². The monoisotopic (exact) mass is 354 g/mol. The predicted octanol–water partition coefficient (Wildman–Crippen LogP) is 1.82. The van der Waals surface area contributed by atoms with Gasteiger partial charge in [0.25, 0.3) is 0 Å². The van der Waals surface area contributed by atoms with Crippen molar-refractivity contribution in [3.63, 3.8) is 0 Å². The van der Waals surface area contributed by atoms with Gasteiger partial charge in [0.1, 0.15) is 5.54 Å². The summed E-state index contributed by atoms with van der Waals surface area (Å²) in [5, 5.41) is 12.3. The molecule has 1 aliphatic heterocycles. The molecule has 0 spiro atoms. The highest BCUT2D eigenvalue weighted by atomic mass is 16.2. The van der Waals surface area contributed by atoms with Gasteiger partial charge in [0.2, 0.25) is 5.91 Å². The quantitative estimate of drug-likeness (QED) is 0.789. The molecule has 1 aromatic carbocycles. The molecular formula is C20H26N4O2. The molecule has 1 amide bonds. The zero-order chi connectivity index (χ0) is 18.7.